The van der Waals surface area contributed by atoms with Gasteiger partial charge in [-0.25, -0.2) is 4.79 Å². The van der Waals surface area contributed by atoms with Crippen LogP contribution >= 0.6 is 0 Å². The van der Waals surface area contributed by atoms with Crippen LogP contribution in [0.15, 0.2) is 42.5 Å². The third-order valence-corrected chi connectivity index (χ3v) is 2.91. The lowest BCUT2D eigenvalue weighted by Gasteiger charge is -2.12. The Morgan fingerprint density at radius 3 is 2.45 bits per heavy atom. The van der Waals surface area contributed by atoms with Gasteiger partial charge in [-0.1, -0.05) is 18.2 Å². The van der Waals surface area contributed by atoms with E-state index < -0.39 is 6.03 Å². The van der Waals surface area contributed by atoms with Crippen LogP contribution in [0.25, 0.3) is 0 Å². The van der Waals surface area contributed by atoms with E-state index in [1.807, 2.05) is 6.07 Å². The molecule has 5 heteroatoms. The van der Waals surface area contributed by atoms with Crippen LogP contribution in [0.3, 0.4) is 0 Å². The van der Waals surface area contributed by atoms with Crippen LogP contribution in [0.1, 0.15) is 5.56 Å². The van der Waals surface area contributed by atoms with Crippen molar-refractivity contribution >= 4 is 17.4 Å². The van der Waals surface area contributed by atoms with Crippen molar-refractivity contribution in [1.29, 1.82) is 0 Å². The Hall–Kier alpha value is -2.69. The van der Waals surface area contributed by atoms with E-state index in [-0.39, 0.29) is 5.75 Å². The second-order valence-corrected chi connectivity index (χ2v) is 4.23. The van der Waals surface area contributed by atoms with E-state index in [2.05, 4.69) is 10.6 Å². The van der Waals surface area contributed by atoms with Gasteiger partial charge in [0.05, 0.1) is 12.8 Å². The van der Waals surface area contributed by atoms with Crippen molar-refractivity contribution in [3.63, 3.8) is 0 Å². The second-order valence-electron chi connectivity index (χ2n) is 4.23. The molecule has 2 rings (SSSR count). The smallest absolute Gasteiger partial charge is 0.323 e. The van der Waals surface area contributed by atoms with E-state index in [1.165, 1.54) is 7.11 Å². The zero-order valence-corrected chi connectivity index (χ0v) is 11.3. The quantitative estimate of drug-likeness (QED) is 0.802. The molecule has 0 unspecified atom stereocenters. The van der Waals surface area contributed by atoms with Crippen molar-refractivity contribution in [2.45, 2.75) is 6.92 Å². The predicted molar refractivity (Wildman–Crippen MR) is 78.5 cm³/mol. The van der Waals surface area contributed by atoms with Crippen LogP contribution in [0, 0.1) is 6.92 Å². The summed E-state index contributed by atoms with van der Waals surface area (Å²) in [5.41, 5.74) is 1.74. The van der Waals surface area contributed by atoms with E-state index in [0.717, 1.165) is 0 Å². The van der Waals surface area contributed by atoms with Crippen molar-refractivity contribution < 1.29 is 14.6 Å². The van der Waals surface area contributed by atoms with Crippen molar-refractivity contribution in [2.24, 2.45) is 0 Å². The minimum Gasteiger partial charge on any atom is -0.508 e. The molecule has 2 aromatic carbocycles. The van der Waals surface area contributed by atoms with Gasteiger partial charge in [-0.15, -0.1) is 0 Å². The minimum atomic E-state index is -0.400. The lowest BCUT2D eigenvalue weighted by atomic mass is 10.2. The van der Waals surface area contributed by atoms with Gasteiger partial charge >= 0.3 is 6.03 Å². The summed E-state index contributed by atoms with van der Waals surface area (Å²) in [5.74, 6) is 0.718. The zero-order chi connectivity index (χ0) is 14.5. The summed E-state index contributed by atoms with van der Waals surface area (Å²) in [6.45, 7) is 1.73. The number of hydrogen-bond donors (Lipinski definition) is 3. The molecular formula is C15H16N2O3. The molecule has 2 amide bonds. The Morgan fingerprint density at radius 2 is 1.70 bits per heavy atom. The first-order chi connectivity index (χ1) is 9.61. The molecule has 0 aromatic heterocycles. The number of benzene rings is 2. The molecule has 0 atom stereocenters. The Labute approximate surface area is 117 Å². The molecule has 0 saturated carbocycles. The molecule has 0 aliphatic carbocycles. The van der Waals surface area contributed by atoms with Gasteiger partial charge in [0.15, 0.2) is 0 Å². The monoisotopic (exact) mass is 272 g/mol. The number of urea groups is 1. The van der Waals surface area contributed by atoms with Gasteiger partial charge in [0.2, 0.25) is 0 Å². The molecule has 5 nitrogen and oxygen atoms in total. The van der Waals surface area contributed by atoms with Crippen molar-refractivity contribution in [2.75, 3.05) is 17.7 Å². The van der Waals surface area contributed by atoms with Crippen LogP contribution in [-0.4, -0.2) is 18.2 Å². The number of phenols is 1. The van der Waals surface area contributed by atoms with Gasteiger partial charge in [0.1, 0.15) is 11.5 Å². The largest absolute Gasteiger partial charge is 0.508 e. The van der Waals surface area contributed by atoms with E-state index in [4.69, 9.17) is 4.74 Å². The fourth-order valence-electron chi connectivity index (χ4n) is 1.78. The molecule has 104 valence electrons. The summed E-state index contributed by atoms with van der Waals surface area (Å²) in [4.78, 5) is 12.0. The first-order valence-corrected chi connectivity index (χ1v) is 6.11. The number of amides is 2. The zero-order valence-electron chi connectivity index (χ0n) is 11.3. The third-order valence-electron chi connectivity index (χ3n) is 2.91. The highest BCUT2D eigenvalue weighted by Gasteiger charge is 2.09. The number of anilines is 2. The Morgan fingerprint density at radius 1 is 1.05 bits per heavy atom. The summed E-state index contributed by atoms with van der Waals surface area (Å²) >= 11 is 0. The lowest BCUT2D eigenvalue weighted by molar-refractivity contribution is 0.262. The van der Waals surface area contributed by atoms with Crippen LogP contribution < -0.4 is 15.4 Å². The number of carbonyl (C=O) groups is 1. The lowest BCUT2D eigenvalue weighted by Crippen LogP contribution is -2.20. The van der Waals surface area contributed by atoms with Gasteiger partial charge in [-0.2, -0.15) is 0 Å². The SMILES string of the molecule is COc1ccccc1NC(=O)Nc1cccc(O)c1C. The molecule has 0 aliphatic heterocycles. The first kappa shape index (κ1) is 13.7. The Bertz CT molecular complexity index is 626. The van der Waals surface area contributed by atoms with Crippen LogP contribution in [0.2, 0.25) is 0 Å². The number of para-hydroxylation sites is 2. The molecule has 0 saturated heterocycles. The number of hydrogen-bond acceptors (Lipinski definition) is 3. The second kappa shape index (κ2) is 5.97. The summed E-state index contributed by atoms with van der Waals surface area (Å²) in [5, 5.41) is 15.0. The molecule has 20 heavy (non-hydrogen) atoms. The fraction of sp³-hybridized carbons (Fsp3) is 0.133. The number of aromatic hydroxyl groups is 1. The Balaban J connectivity index is 2.11. The number of ether oxygens (including phenoxy) is 1. The average molecular weight is 272 g/mol. The standard InChI is InChI=1S/C15H16N2O3/c1-10-11(7-5-8-13(10)18)16-15(19)17-12-6-3-4-9-14(12)20-2/h3-9,18H,1-2H3,(H2,16,17,19). The molecule has 3 N–H and O–H groups in total. The third kappa shape index (κ3) is 3.00. The highest BCUT2D eigenvalue weighted by Crippen LogP contribution is 2.25. The summed E-state index contributed by atoms with van der Waals surface area (Å²) < 4.78 is 5.16. The minimum absolute atomic E-state index is 0.139. The van der Waals surface area contributed by atoms with Crippen LogP contribution in [0.5, 0.6) is 11.5 Å². The summed E-state index contributed by atoms with van der Waals surface area (Å²) in [7, 11) is 1.54. The molecule has 0 aliphatic rings. The van der Waals surface area contributed by atoms with Gasteiger partial charge in [-0.05, 0) is 31.2 Å². The predicted octanol–water partition coefficient (Wildman–Crippen LogP) is 3.35. The van der Waals surface area contributed by atoms with Crippen molar-refractivity contribution in [1.82, 2.24) is 0 Å². The van der Waals surface area contributed by atoms with Gasteiger partial charge < -0.3 is 20.5 Å². The van der Waals surface area contributed by atoms with E-state index >= 15 is 0 Å². The average Bonchev–Trinajstić information content (AvgIpc) is 2.44. The number of phenolic OH excluding ortho intramolecular Hbond substituents is 1. The maximum absolute atomic E-state index is 12.0. The van der Waals surface area contributed by atoms with Crippen LogP contribution in [-0.2, 0) is 0 Å². The molecule has 2 aromatic rings. The van der Waals surface area contributed by atoms with E-state index in [1.54, 1.807) is 43.3 Å². The highest BCUT2D eigenvalue weighted by atomic mass is 16.5. The van der Waals surface area contributed by atoms with Crippen molar-refractivity contribution in [3.8, 4) is 11.5 Å². The summed E-state index contributed by atoms with van der Waals surface area (Å²) in [6.07, 6.45) is 0. The summed E-state index contributed by atoms with van der Waals surface area (Å²) in [6, 6.07) is 11.7. The Kier molecular flexibility index (Phi) is 4.10. The van der Waals surface area contributed by atoms with Crippen LogP contribution in [0.4, 0.5) is 16.2 Å². The maximum atomic E-state index is 12.0. The molecular weight excluding hydrogens is 256 g/mol. The maximum Gasteiger partial charge on any atom is 0.323 e. The molecule has 0 spiro atoms. The highest BCUT2D eigenvalue weighted by molar-refractivity contribution is 6.01. The molecule has 0 heterocycles. The number of methoxy groups -OCH3 is 1. The van der Waals surface area contributed by atoms with E-state index in [9.17, 15) is 9.90 Å². The van der Waals surface area contributed by atoms with Gasteiger partial charge in [0.25, 0.3) is 0 Å². The molecule has 0 radical (unpaired) electrons. The first-order valence-electron chi connectivity index (χ1n) is 6.11. The topological polar surface area (TPSA) is 70.6 Å². The normalized spacial score (nSPS) is 9.90. The molecule has 0 bridgehead atoms. The number of carbonyl (C=O) groups excluding carboxylic acids is 1. The number of rotatable bonds is 3. The van der Waals surface area contributed by atoms with E-state index in [0.29, 0.717) is 22.7 Å². The van der Waals surface area contributed by atoms with Crippen molar-refractivity contribution in [3.05, 3.63) is 48.0 Å². The van der Waals surface area contributed by atoms with Gasteiger partial charge in [0, 0.05) is 11.3 Å². The molecule has 0 fully saturated rings. The number of nitrogens with one attached hydrogen (secondary N) is 2. The fourth-order valence-corrected chi connectivity index (χ4v) is 1.78. The van der Waals surface area contributed by atoms with Gasteiger partial charge in [-0.3, -0.25) is 0 Å².